The average Bonchev–Trinajstić information content (AvgIpc) is 2.50. The van der Waals surface area contributed by atoms with E-state index in [1.165, 1.54) is 0 Å². The van der Waals surface area contributed by atoms with Gasteiger partial charge in [0.25, 0.3) is 5.91 Å². The second-order valence-corrected chi connectivity index (χ2v) is 5.36. The van der Waals surface area contributed by atoms with Gasteiger partial charge in [0.2, 0.25) is 5.91 Å². The van der Waals surface area contributed by atoms with E-state index >= 15 is 0 Å². The van der Waals surface area contributed by atoms with Crippen LogP contribution in [0.2, 0.25) is 0 Å². The quantitative estimate of drug-likeness (QED) is 0.890. The number of amides is 2. The Morgan fingerprint density at radius 1 is 1.00 bits per heavy atom. The van der Waals surface area contributed by atoms with Crippen molar-refractivity contribution in [3.8, 4) is 0 Å². The summed E-state index contributed by atoms with van der Waals surface area (Å²) in [4.78, 5) is 24.0. The molecule has 0 radical (unpaired) electrons. The van der Waals surface area contributed by atoms with Crippen molar-refractivity contribution in [2.45, 2.75) is 26.3 Å². The first kappa shape index (κ1) is 15.8. The zero-order valence-electron chi connectivity index (χ0n) is 12.8. The Labute approximate surface area is 130 Å². The highest BCUT2D eigenvalue weighted by molar-refractivity contribution is 5.95. The first-order valence-corrected chi connectivity index (χ1v) is 7.27. The van der Waals surface area contributed by atoms with E-state index in [4.69, 9.17) is 0 Å². The molecule has 2 aromatic carbocycles. The van der Waals surface area contributed by atoms with Gasteiger partial charge in [0.05, 0.1) is 0 Å². The van der Waals surface area contributed by atoms with Gasteiger partial charge in [-0.25, -0.2) is 0 Å². The van der Waals surface area contributed by atoms with Crippen LogP contribution in [0, 0.1) is 6.92 Å². The van der Waals surface area contributed by atoms with Crippen LogP contribution in [0.15, 0.2) is 54.6 Å². The Bertz CT molecular complexity index is 636. The molecule has 22 heavy (non-hydrogen) atoms. The molecule has 0 bridgehead atoms. The van der Waals surface area contributed by atoms with Crippen LogP contribution >= 0.6 is 0 Å². The molecule has 0 heterocycles. The summed E-state index contributed by atoms with van der Waals surface area (Å²) in [6, 6.07) is 16.3. The number of rotatable bonds is 5. The normalized spacial score (nSPS) is 11.5. The molecule has 2 N–H and O–H groups in total. The third-order valence-corrected chi connectivity index (χ3v) is 3.24. The summed E-state index contributed by atoms with van der Waals surface area (Å²) >= 11 is 0. The number of anilines is 1. The Morgan fingerprint density at radius 2 is 1.64 bits per heavy atom. The molecule has 0 aliphatic heterocycles. The number of carbonyl (C=O) groups excluding carboxylic acids is 2. The molecule has 1 unspecified atom stereocenters. The first-order valence-electron chi connectivity index (χ1n) is 7.27. The van der Waals surface area contributed by atoms with Gasteiger partial charge in [-0.05, 0) is 38.1 Å². The van der Waals surface area contributed by atoms with Crippen LogP contribution in [0.4, 0.5) is 5.69 Å². The molecule has 0 aliphatic carbocycles. The molecule has 2 rings (SSSR count). The van der Waals surface area contributed by atoms with E-state index in [1.54, 1.807) is 12.1 Å². The third-order valence-electron chi connectivity index (χ3n) is 3.24. The molecular weight excluding hydrogens is 276 g/mol. The predicted molar refractivity (Wildman–Crippen MR) is 87.8 cm³/mol. The monoisotopic (exact) mass is 296 g/mol. The van der Waals surface area contributed by atoms with Gasteiger partial charge in [0.15, 0.2) is 0 Å². The van der Waals surface area contributed by atoms with Crippen molar-refractivity contribution in [3.05, 3.63) is 65.7 Å². The van der Waals surface area contributed by atoms with Crippen molar-refractivity contribution in [3.63, 3.8) is 0 Å². The summed E-state index contributed by atoms with van der Waals surface area (Å²) in [5.41, 5.74) is 2.49. The van der Waals surface area contributed by atoms with E-state index in [2.05, 4.69) is 10.6 Å². The lowest BCUT2D eigenvalue weighted by molar-refractivity contribution is -0.116. The fourth-order valence-electron chi connectivity index (χ4n) is 2.07. The fourth-order valence-corrected chi connectivity index (χ4v) is 2.07. The highest BCUT2D eigenvalue weighted by Gasteiger charge is 2.13. The van der Waals surface area contributed by atoms with Crippen LogP contribution in [-0.4, -0.2) is 17.9 Å². The minimum Gasteiger partial charge on any atom is -0.349 e. The van der Waals surface area contributed by atoms with Crippen molar-refractivity contribution in [1.82, 2.24) is 5.32 Å². The van der Waals surface area contributed by atoms with E-state index in [9.17, 15) is 9.59 Å². The molecule has 0 spiro atoms. The number of hydrogen-bond acceptors (Lipinski definition) is 2. The third kappa shape index (κ3) is 4.74. The van der Waals surface area contributed by atoms with Gasteiger partial charge >= 0.3 is 0 Å². The Kier molecular flexibility index (Phi) is 5.31. The van der Waals surface area contributed by atoms with E-state index < -0.39 is 0 Å². The summed E-state index contributed by atoms with van der Waals surface area (Å²) in [5.74, 6) is -0.291. The molecular formula is C18H20N2O2. The average molecular weight is 296 g/mol. The van der Waals surface area contributed by atoms with E-state index in [0.717, 1.165) is 11.3 Å². The summed E-state index contributed by atoms with van der Waals surface area (Å²) in [6.07, 6.45) is 0.229. The van der Waals surface area contributed by atoms with Crippen LogP contribution in [0.1, 0.15) is 29.3 Å². The van der Waals surface area contributed by atoms with Gasteiger partial charge in [-0.1, -0.05) is 35.9 Å². The van der Waals surface area contributed by atoms with E-state index in [0.29, 0.717) is 5.56 Å². The Morgan fingerprint density at radius 3 is 2.27 bits per heavy atom. The van der Waals surface area contributed by atoms with Crippen LogP contribution in [0.3, 0.4) is 0 Å². The molecule has 4 heteroatoms. The molecule has 1 atom stereocenters. The molecule has 2 aromatic rings. The topological polar surface area (TPSA) is 58.2 Å². The van der Waals surface area contributed by atoms with Crippen molar-refractivity contribution >= 4 is 17.5 Å². The smallest absolute Gasteiger partial charge is 0.251 e. The van der Waals surface area contributed by atoms with Crippen LogP contribution < -0.4 is 10.6 Å². The minimum atomic E-state index is -0.238. The lowest BCUT2D eigenvalue weighted by atomic mass is 10.1. The first-order chi connectivity index (χ1) is 10.5. The van der Waals surface area contributed by atoms with Crippen LogP contribution in [-0.2, 0) is 4.79 Å². The number of benzene rings is 2. The zero-order valence-corrected chi connectivity index (χ0v) is 12.8. The molecule has 0 saturated heterocycles. The molecule has 0 aromatic heterocycles. The number of nitrogens with one attached hydrogen (secondary N) is 2. The number of hydrogen-bond donors (Lipinski definition) is 2. The summed E-state index contributed by atoms with van der Waals surface area (Å²) in [6.45, 7) is 3.81. The highest BCUT2D eigenvalue weighted by Crippen LogP contribution is 2.09. The Balaban J connectivity index is 1.83. The standard InChI is InChI=1S/C18H20N2O2/c1-13-8-10-16(11-9-13)20-17(21)12-14(2)19-18(22)15-6-4-3-5-7-15/h3-11,14H,12H2,1-2H3,(H,19,22)(H,20,21). The molecule has 2 amide bonds. The molecule has 0 aliphatic rings. The van der Waals surface area contributed by atoms with Crippen molar-refractivity contribution in [1.29, 1.82) is 0 Å². The van der Waals surface area contributed by atoms with E-state index in [-0.39, 0.29) is 24.3 Å². The Hall–Kier alpha value is -2.62. The van der Waals surface area contributed by atoms with Crippen molar-refractivity contribution in [2.75, 3.05) is 5.32 Å². The molecule has 4 nitrogen and oxygen atoms in total. The van der Waals surface area contributed by atoms with Crippen molar-refractivity contribution in [2.24, 2.45) is 0 Å². The predicted octanol–water partition coefficient (Wildman–Crippen LogP) is 3.14. The minimum absolute atomic E-state index is 0.121. The van der Waals surface area contributed by atoms with Gasteiger partial charge in [-0.15, -0.1) is 0 Å². The van der Waals surface area contributed by atoms with Gasteiger partial charge in [0, 0.05) is 23.7 Å². The maximum absolute atomic E-state index is 12.0. The second-order valence-electron chi connectivity index (χ2n) is 5.36. The summed E-state index contributed by atoms with van der Waals surface area (Å²) in [5, 5.41) is 5.65. The molecule has 0 saturated carbocycles. The fraction of sp³-hybridized carbons (Fsp3) is 0.222. The van der Waals surface area contributed by atoms with Gasteiger partial charge in [-0.2, -0.15) is 0 Å². The van der Waals surface area contributed by atoms with Crippen LogP contribution in [0.5, 0.6) is 0 Å². The van der Waals surface area contributed by atoms with Crippen molar-refractivity contribution < 1.29 is 9.59 Å². The second kappa shape index (κ2) is 7.41. The van der Waals surface area contributed by atoms with Crippen LogP contribution in [0.25, 0.3) is 0 Å². The van der Waals surface area contributed by atoms with E-state index in [1.807, 2.05) is 56.3 Å². The number of carbonyl (C=O) groups is 2. The molecule has 0 fully saturated rings. The lowest BCUT2D eigenvalue weighted by Crippen LogP contribution is -2.35. The van der Waals surface area contributed by atoms with Gasteiger partial charge < -0.3 is 10.6 Å². The maximum atomic E-state index is 12.0. The SMILES string of the molecule is Cc1ccc(NC(=O)CC(C)NC(=O)c2ccccc2)cc1. The van der Waals surface area contributed by atoms with Gasteiger partial charge in [-0.3, -0.25) is 9.59 Å². The largest absolute Gasteiger partial charge is 0.349 e. The maximum Gasteiger partial charge on any atom is 0.251 e. The molecule has 114 valence electrons. The zero-order chi connectivity index (χ0) is 15.9. The van der Waals surface area contributed by atoms with Gasteiger partial charge in [0.1, 0.15) is 0 Å². The number of aryl methyl sites for hydroxylation is 1. The summed E-state index contributed by atoms with van der Waals surface area (Å²) < 4.78 is 0. The lowest BCUT2D eigenvalue weighted by Gasteiger charge is -2.14. The summed E-state index contributed by atoms with van der Waals surface area (Å²) in [7, 11) is 0. The highest BCUT2D eigenvalue weighted by atomic mass is 16.2.